The molecule has 1 aromatic heterocycles. The highest BCUT2D eigenvalue weighted by atomic mass is 79.9. The van der Waals surface area contributed by atoms with Gasteiger partial charge in [0, 0.05) is 28.7 Å². The molecular weight excluding hydrogens is 444 g/mol. The first-order valence-electron chi connectivity index (χ1n) is 8.55. The molecule has 0 unspecified atom stereocenters. The van der Waals surface area contributed by atoms with Crippen molar-refractivity contribution in [2.24, 2.45) is 0 Å². The lowest BCUT2D eigenvalue weighted by atomic mass is 10.2. The van der Waals surface area contributed by atoms with Crippen LogP contribution in [0, 0.1) is 6.92 Å². The minimum Gasteiger partial charge on any atom is -0.469 e. The first kappa shape index (κ1) is 20.2. The van der Waals surface area contributed by atoms with E-state index in [0.717, 1.165) is 10.2 Å². The van der Waals surface area contributed by atoms with Gasteiger partial charge in [0.05, 0.1) is 11.2 Å². The Labute approximate surface area is 172 Å². The third-order valence-corrected chi connectivity index (χ3v) is 6.09. The lowest BCUT2D eigenvalue weighted by Gasteiger charge is -2.13. The summed E-state index contributed by atoms with van der Waals surface area (Å²) in [6.07, 6.45) is 2.27. The van der Waals surface area contributed by atoms with E-state index in [1.807, 2.05) is 0 Å². The number of carbonyl (C=O) groups is 1. The monoisotopic (exact) mass is 462 g/mol. The topological polar surface area (TPSA) is 88.4 Å². The number of sulfonamides is 1. The van der Waals surface area contributed by atoms with E-state index >= 15 is 0 Å². The van der Waals surface area contributed by atoms with Gasteiger partial charge in [-0.15, -0.1) is 0 Å². The van der Waals surface area contributed by atoms with Crippen LogP contribution in [0.5, 0.6) is 0 Å². The third-order valence-electron chi connectivity index (χ3n) is 4.04. The molecule has 0 radical (unpaired) electrons. The van der Waals surface area contributed by atoms with E-state index in [0.29, 0.717) is 23.4 Å². The molecule has 28 heavy (non-hydrogen) atoms. The van der Waals surface area contributed by atoms with E-state index in [-0.39, 0.29) is 17.2 Å². The van der Waals surface area contributed by atoms with Crippen LogP contribution in [0.2, 0.25) is 0 Å². The van der Waals surface area contributed by atoms with Crippen molar-refractivity contribution in [1.82, 2.24) is 0 Å². The fourth-order valence-corrected chi connectivity index (χ4v) is 4.21. The van der Waals surface area contributed by atoms with E-state index < -0.39 is 10.0 Å². The lowest BCUT2D eigenvalue weighted by molar-refractivity contribution is -0.116. The van der Waals surface area contributed by atoms with Crippen LogP contribution >= 0.6 is 15.9 Å². The molecule has 0 bridgehead atoms. The molecule has 0 aliphatic rings. The average molecular weight is 463 g/mol. The van der Waals surface area contributed by atoms with Gasteiger partial charge in [0.1, 0.15) is 5.76 Å². The molecule has 8 heteroatoms. The van der Waals surface area contributed by atoms with Crippen molar-refractivity contribution < 1.29 is 17.6 Å². The molecule has 0 aliphatic heterocycles. The molecule has 0 spiro atoms. The van der Waals surface area contributed by atoms with Crippen LogP contribution in [-0.4, -0.2) is 14.3 Å². The molecule has 3 rings (SSSR count). The quantitative estimate of drug-likeness (QED) is 0.531. The standard InChI is InChI=1S/C20H19BrN2O4S/c1-14-4-7-17(22-20(24)11-10-18-3-2-12-27-18)13-19(14)28(25,26)23-16-8-5-15(21)6-9-16/h2-9,12-13,23H,10-11H2,1H3,(H,22,24). The van der Waals surface area contributed by atoms with Gasteiger partial charge < -0.3 is 9.73 Å². The lowest BCUT2D eigenvalue weighted by Crippen LogP contribution is -2.16. The van der Waals surface area contributed by atoms with Crippen LogP contribution < -0.4 is 10.0 Å². The van der Waals surface area contributed by atoms with E-state index in [4.69, 9.17) is 4.42 Å². The normalized spacial score (nSPS) is 11.2. The second kappa shape index (κ2) is 8.62. The zero-order chi connectivity index (χ0) is 20.1. The summed E-state index contributed by atoms with van der Waals surface area (Å²) >= 11 is 3.32. The molecule has 6 nitrogen and oxygen atoms in total. The number of hydrogen-bond donors (Lipinski definition) is 2. The molecule has 0 aliphatic carbocycles. The molecule has 2 N–H and O–H groups in total. The summed E-state index contributed by atoms with van der Waals surface area (Å²) in [5.74, 6) is 0.505. The molecule has 3 aromatic rings. The SMILES string of the molecule is Cc1ccc(NC(=O)CCc2ccco2)cc1S(=O)(=O)Nc1ccc(Br)cc1. The summed E-state index contributed by atoms with van der Waals surface area (Å²) in [5.41, 5.74) is 1.46. The van der Waals surface area contributed by atoms with Crippen molar-refractivity contribution in [3.05, 3.63) is 76.7 Å². The first-order valence-corrected chi connectivity index (χ1v) is 10.8. The predicted molar refractivity (Wildman–Crippen MR) is 112 cm³/mol. The number of aryl methyl sites for hydroxylation is 2. The number of nitrogens with one attached hydrogen (secondary N) is 2. The van der Waals surface area contributed by atoms with E-state index in [2.05, 4.69) is 26.0 Å². The van der Waals surface area contributed by atoms with Gasteiger partial charge in [0.15, 0.2) is 0 Å². The average Bonchev–Trinajstić information content (AvgIpc) is 3.17. The molecule has 2 aromatic carbocycles. The van der Waals surface area contributed by atoms with Crippen LogP contribution in [0.4, 0.5) is 11.4 Å². The highest BCUT2D eigenvalue weighted by molar-refractivity contribution is 9.10. The van der Waals surface area contributed by atoms with Gasteiger partial charge in [-0.25, -0.2) is 8.42 Å². The molecule has 1 heterocycles. The number of furan rings is 1. The molecular formula is C20H19BrN2O4S. The van der Waals surface area contributed by atoms with Gasteiger partial charge in [-0.1, -0.05) is 22.0 Å². The summed E-state index contributed by atoms with van der Waals surface area (Å²) in [4.78, 5) is 12.3. The minimum atomic E-state index is -3.79. The van der Waals surface area contributed by atoms with Crippen molar-refractivity contribution in [2.75, 3.05) is 10.0 Å². The Balaban J connectivity index is 1.72. The molecule has 1 amide bonds. The minimum absolute atomic E-state index is 0.110. The first-order chi connectivity index (χ1) is 13.3. The fourth-order valence-electron chi connectivity index (χ4n) is 2.61. The Morgan fingerprint density at radius 1 is 1.07 bits per heavy atom. The van der Waals surface area contributed by atoms with Crippen LogP contribution in [0.3, 0.4) is 0 Å². The number of benzene rings is 2. The molecule has 0 atom stereocenters. The van der Waals surface area contributed by atoms with E-state index in [1.165, 1.54) is 6.07 Å². The third kappa shape index (κ3) is 5.24. The summed E-state index contributed by atoms with van der Waals surface area (Å²) in [7, 11) is -3.79. The fraction of sp³-hybridized carbons (Fsp3) is 0.150. The van der Waals surface area contributed by atoms with Crippen molar-refractivity contribution in [2.45, 2.75) is 24.7 Å². The smallest absolute Gasteiger partial charge is 0.262 e. The van der Waals surface area contributed by atoms with E-state index in [1.54, 1.807) is 61.7 Å². The van der Waals surface area contributed by atoms with Crippen molar-refractivity contribution in [1.29, 1.82) is 0 Å². The number of carbonyl (C=O) groups excluding carboxylic acids is 1. The van der Waals surface area contributed by atoms with Gasteiger partial charge in [0.25, 0.3) is 10.0 Å². The number of hydrogen-bond acceptors (Lipinski definition) is 4. The van der Waals surface area contributed by atoms with Gasteiger partial charge in [0.2, 0.25) is 5.91 Å². The molecule has 0 saturated carbocycles. The second-order valence-corrected chi connectivity index (χ2v) is 8.79. The number of halogens is 1. The van der Waals surface area contributed by atoms with Gasteiger partial charge in [-0.3, -0.25) is 9.52 Å². The van der Waals surface area contributed by atoms with Crippen molar-refractivity contribution >= 4 is 43.2 Å². The summed E-state index contributed by atoms with van der Waals surface area (Å²) in [6.45, 7) is 1.71. The van der Waals surface area contributed by atoms with Gasteiger partial charge in [-0.2, -0.15) is 0 Å². The maximum Gasteiger partial charge on any atom is 0.262 e. The predicted octanol–water partition coefficient (Wildman–Crippen LogP) is 4.72. The Morgan fingerprint density at radius 2 is 1.79 bits per heavy atom. The van der Waals surface area contributed by atoms with Crippen molar-refractivity contribution in [3.8, 4) is 0 Å². The van der Waals surface area contributed by atoms with Crippen LogP contribution in [-0.2, 0) is 21.2 Å². The Kier molecular flexibility index (Phi) is 6.21. The zero-order valence-corrected chi connectivity index (χ0v) is 17.5. The summed E-state index contributed by atoms with van der Waals surface area (Å²) < 4.78 is 34.2. The number of amides is 1. The second-order valence-electron chi connectivity index (χ2n) is 6.22. The zero-order valence-electron chi connectivity index (χ0n) is 15.1. The number of rotatable bonds is 7. The highest BCUT2D eigenvalue weighted by Crippen LogP contribution is 2.24. The summed E-state index contributed by atoms with van der Waals surface area (Å²) in [6, 6.07) is 15.2. The Bertz CT molecular complexity index is 1060. The van der Waals surface area contributed by atoms with E-state index in [9.17, 15) is 13.2 Å². The summed E-state index contributed by atoms with van der Waals surface area (Å²) in [5, 5.41) is 2.74. The Hall–Kier alpha value is -2.58. The van der Waals surface area contributed by atoms with Crippen molar-refractivity contribution in [3.63, 3.8) is 0 Å². The molecule has 0 saturated heterocycles. The number of anilines is 2. The molecule has 146 valence electrons. The largest absolute Gasteiger partial charge is 0.469 e. The van der Waals surface area contributed by atoms with Crippen LogP contribution in [0.1, 0.15) is 17.7 Å². The van der Waals surface area contributed by atoms with Gasteiger partial charge in [-0.05, 0) is 61.0 Å². The highest BCUT2D eigenvalue weighted by Gasteiger charge is 2.18. The van der Waals surface area contributed by atoms with Crippen LogP contribution in [0.25, 0.3) is 0 Å². The van der Waals surface area contributed by atoms with Gasteiger partial charge >= 0.3 is 0 Å². The van der Waals surface area contributed by atoms with Crippen LogP contribution in [0.15, 0.2) is 74.6 Å². The maximum absolute atomic E-state index is 12.8. The molecule has 0 fully saturated rings. The Morgan fingerprint density at radius 3 is 2.46 bits per heavy atom. The maximum atomic E-state index is 12.8.